The summed E-state index contributed by atoms with van der Waals surface area (Å²) in [5, 5.41) is 9.59. The normalized spacial score (nSPS) is 11.7. The number of anilines is 3. The Bertz CT molecular complexity index is 3550. The Morgan fingerprint density at radius 3 is 1.80 bits per heavy atom. The lowest BCUT2D eigenvalue weighted by Crippen LogP contribution is -2.11. The maximum Gasteiger partial charge on any atom is 0.159 e. The number of benzene rings is 10. The fraction of sp³-hybridized carbons (Fsp3) is 0. The Morgan fingerprint density at radius 1 is 0.356 bits per heavy atom. The van der Waals surface area contributed by atoms with Gasteiger partial charge in [-0.05, 0) is 79.7 Å². The first-order chi connectivity index (χ1) is 29.3. The Labute approximate surface area is 345 Å². The molecule has 0 aliphatic carbocycles. The van der Waals surface area contributed by atoms with Crippen molar-refractivity contribution < 1.29 is 4.42 Å². The summed E-state index contributed by atoms with van der Waals surface area (Å²) in [4.78, 5) is 2.44. The fourth-order valence-electron chi connectivity index (χ4n) is 9.07. The highest BCUT2D eigenvalue weighted by Crippen LogP contribution is 2.51. The SMILES string of the molecule is c1ccc(-c2ccc(-c3ccc(N(c4ccc5c(ccc6ccccc65)c4)c4cccc5c4oc4c(-c6ccccc6)cccc45)c4c3sc3ccccc34)cc2)cc1. The molecule has 10 aromatic carbocycles. The minimum absolute atomic E-state index is 0.859. The second kappa shape index (κ2) is 13.6. The molecule has 2 heterocycles. The maximum absolute atomic E-state index is 7.12. The summed E-state index contributed by atoms with van der Waals surface area (Å²) in [5.74, 6) is 0. The number of furan rings is 1. The van der Waals surface area contributed by atoms with Crippen molar-refractivity contribution >= 4 is 92.1 Å². The molecule has 0 atom stereocenters. The van der Waals surface area contributed by atoms with E-state index in [4.69, 9.17) is 4.42 Å². The largest absolute Gasteiger partial charge is 0.453 e. The molecule has 0 aliphatic rings. The van der Waals surface area contributed by atoms with Gasteiger partial charge in [0.2, 0.25) is 0 Å². The number of hydrogen-bond acceptors (Lipinski definition) is 3. The van der Waals surface area contributed by atoms with Crippen LogP contribution in [0.25, 0.3) is 97.0 Å². The first-order valence-electron chi connectivity index (χ1n) is 20.1. The van der Waals surface area contributed by atoms with E-state index in [0.29, 0.717) is 0 Å². The van der Waals surface area contributed by atoms with Crippen molar-refractivity contribution in [1.82, 2.24) is 0 Å². The van der Waals surface area contributed by atoms with Crippen molar-refractivity contribution in [2.75, 3.05) is 4.90 Å². The standard InChI is InChI=1S/C56H35NOS/c1-3-13-36(14-4-1)37-25-27-40(28-26-37)46-33-34-50(53-49-19-9-10-24-52(49)59-56(46)53)57(42-31-32-44-41(35-42)30-29-39-17-7-8-18-43(39)44)51-23-12-22-48-47-21-11-20-45(54(47)58-55(48)51)38-15-5-2-6-16-38/h1-35H. The van der Waals surface area contributed by atoms with E-state index in [9.17, 15) is 0 Å². The average molecular weight is 770 g/mol. The molecule has 0 aliphatic heterocycles. The molecule has 0 saturated carbocycles. The number of fused-ring (bicyclic) bond motifs is 9. The van der Waals surface area contributed by atoms with Crippen LogP contribution in [0, 0.1) is 0 Å². The van der Waals surface area contributed by atoms with Crippen LogP contribution in [0.4, 0.5) is 17.1 Å². The van der Waals surface area contributed by atoms with Crippen LogP contribution in [0.15, 0.2) is 217 Å². The molecule has 12 rings (SSSR count). The van der Waals surface area contributed by atoms with Crippen molar-refractivity contribution in [3.8, 4) is 33.4 Å². The van der Waals surface area contributed by atoms with Gasteiger partial charge in [0.15, 0.2) is 5.58 Å². The molecule has 3 heteroatoms. The van der Waals surface area contributed by atoms with Gasteiger partial charge in [0, 0.05) is 42.2 Å². The monoisotopic (exact) mass is 769 g/mol. The second-order valence-electron chi connectivity index (χ2n) is 15.2. The second-order valence-corrected chi connectivity index (χ2v) is 16.3. The van der Waals surface area contributed by atoms with Crippen LogP contribution in [-0.2, 0) is 0 Å². The number of nitrogens with zero attached hydrogens (tertiary/aromatic N) is 1. The van der Waals surface area contributed by atoms with Crippen LogP contribution in [0.2, 0.25) is 0 Å². The lowest BCUT2D eigenvalue weighted by Gasteiger charge is -2.27. The van der Waals surface area contributed by atoms with Crippen LogP contribution in [-0.4, -0.2) is 0 Å². The lowest BCUT2D eigenvalue weighted by atomic mass is 9.97. The summed E-state index contributed by atoms with van der Waals surface area (Å²) in [6.45, 7) is 0. The van der Waals surface area contributed by atoms with E-state index in [1.807, 2.05) is 11.3 Å². The highest BCUT2D eigenvalue weighted by molar-refractivity contribution is 7.26. The van der Waals surface area contributed by atoms with Crippen molar-refractivity contribution in [3.63, 3.8) is 0 Å². The van der Waals surface area contributed by atoms with Gasteiger partial charge in [0.05, 0.1) is 11.4 Å². The third-order valence-corrected chi connectivity index (χ3v) is 13.1. The van der Waals surface area contributed by atoms with Crippen molar-refractivity contribution in [2.45, 2.75) is 0 Å². The molecule has 276 valence electrons. The van der Waals surface area contributed by atoms with Gasteiger partial charge in [-0.25, -0.2) is 0 Å². The first-order valence-corrected chi connectivity index (χ1v) is 20.9. The maximum atomic E-state index is 7.12. The predicted molar refractivity (Wildman–Crippen MR) is 253 cm³/mol. The van der Waals surface area contributed by atoms with E-state index in [1.165, 1.54) is 64.0 Å². The van der Waals surface area contributed by atoms with Crippen LogP contribution >= 0.6 is 11.3 Å². The molecule has 0 bridgehead atoms. The third-order valence-electron chi connectivity index (χ3n) is 11.9. The smallest absolute Gasteiger partial charge is 0.159 e. The van der Waals surface area contributed by atoms with Crippen LogP contribution < -0.4 is 4.90 Å². The number of hydrogen-bond donors (Lipinski definition) is 0. The fourth-order valence-corrected chi connectivity index (χ4v) is 10.3. The summed E-state index contributed by atoms with van der Waals surface area (Å²) in [6, 6.07) is 76.8. The van der Waals surface area contributed by atoms with Gasteiger partial charge in [0.25, 0.3) is 0 Å². The zero-order valence-corrected chi connectivity index (χ0v) is 32.8. The van der Waals surface area contributed by atoms with Gasteiger partial charge < -0.3 is 9.32 Å². The summed E-state index contributed by atoms with van der Waals surface area (Å²) < 4.78 is 9.64. The minimum Gasteiger partial charge on any atom is -0.453 e. The Hall–Kier alpha value is -7.46. The van der Waals surface area contributed by atoms with E-state index in [0.717, 1.165) is 50.1 Å². The first kappa shape index (κ1) is 33.7. The van der Waals surface area contributed by atoms with E-state index in [2.05, 4.69) is 217 Å². The lowest BCUT2D eigenvalue weighted by molar-refractivity contribution is 0.670. The van der Waals surface area contributed by atoms with E-state index >= 15 is 0 Å². The molecule has 12 aromatic rings. The molecule has 0 radical (unpaired) electrons. The summed E-state index contributed by atoms with van der Waals surface area (Å²) in [6.07, 6.45) is 0. The third kappa shape index (κ3) is 5.47. The van der Waals surface area contributed by atoms with Crippen molar-refractivity contribution in [2.24, 2.45) is 0 Å². The molecule has 0 amide bonds. The van der Waals surface area contributed by atoms with Crippen LogP contribution in [0.1, 0.15) is 0 Å². The Kier molecular flexibility index (Phi) is 7.75. The molecule has 0 unspecified atom stereocenters. The summed E-state index contributed by atoms with van der Waals surface area (Å²) in [5.41, 5.74) is 12.0. The van der Waals surface area contributed by atoms with Gasteiger partial charge in [-0.1, -0.05) is 182 Å². The van der Waals surface area contributed by atoms with Gasteiger partial charge in [0.1, 0.15) is 5.58 Å². The molecule has 59 heavy (non-hydrogen) atoms. The highest BCUT2D eigenvalue weighted by atomic mass is 32.1. The molecular formula is C56H35NOS. The number of para-hydroxylation sites is 2. The van der Waals surface area contributed by atoms with Gasteiger partial charge in [-0.2, -0.15) is 0 Å². The Balaban J connectivity index is 1.13. The van der Waals surface area contributed by atoms with Crippen LogP contribution in [0.3, 0.4) is 0 Å². The highest BCUT2D eigenvalue weighted by Gasteiger charge is 2.25. The van der Waals surface area contributed by atoms with Crippen LogP contribution in [0.5, 0.6) is 0 Å². The summed E-state index contributed by atoms with van der Waals surface area (Å²) in [7, 11) is 0. The van der Waals surface area contributed by atoms with Gasteiger partial charge in [-0.15, -0.1) is 11.3 Å². The summed E-state index contributed by atoms with van der Waals surface area (Å²) >= 11 is 1.87. The zero-order chi connectivity index (χ0) is 38.9. The molecule has 0 fully saturated rings. The topological polar surface area (TPSA) is 16.4 Å². The van der Waals surface area contributed by atoms with Crippen molar-refractivity contribution in [1.29, 1.82) is 0 Å². The number of rotatable bonds is 6. The molecule has 0 spiro atoms. The zero-order valence-electron chi connectivity index (χ0n) is 32.0. The van der Waals surface area contributed by atoms with Gasteiger partial charge >= 0.3 is 0 Å². The molecular weight excluding hydrogens is 735 g/mol. The molecule has 2 aromatic heterocycles. The molecule has 0 saturated heterocycles. The van der Waals surface area contributed by atoms with Gasteiger partial charge in [-0.3, -0.25) is 0 Å². The average Bonchev–Trinajstić information content (AvgIpc) is 3.90. The quantitative estimate of drug-likeness (QED) is 0.157. The van der Waals surface area contributed by atoms with Crippen molar-refractivity contribution in [3.05, 3.63) is 212 Å². The Morgan fingerprint density at radius 2 is 0.966 bits per heavy atom. The predicted octanol–water partition coefficient (Wildman–Crippen LogP) is 16.7. The molecule has 0 N–H and O–H groups in total. The molecule has 2 nitrogen and oxygen atoms in total. The van der Waals surface area contributed by atoms with E-state index < -0.39 is 0 Å². The van der Waals surface area contributed by atoms with E-state index in [1.54, 1.807) is 0 Å². The van der Waals surface area contributed by atoms with E-state index in [-0.39, 0.29) is 0 Å². The number of thiophene rings is 1. The minimum atomic E-state index is 0.859.